The van der Waals surface area contributed by atoms with E-state index in [1.54, 1.807) is 0 Å². The fourth-order valence-electron chi connectivity index (χ4n) is 6.24. The van der Waals surface area contributed by atoms with Gasteiger partial charge in [-0.2, -0.15) is 0 Å². The van der Waals surface area contributed by atoms with E-state index in [-0.39, 0.29) is 17.4 Å². The van der Waals surface area contributed by atoms with Crippen molar-refractivity contribution in [3.63, 3.8) is 0 Å². The molecule has 170 valence electrons. The second-order valence-electron chi connectivity index (χ2n) is 9.97. The molecule has 1 saturated carbocycles. The normalized spacial score (nSPS) is 32.0. The van der Waals surface area contributed by atoms with Gasteiger partial charge in [0.05, 0.1) is 19.3 Å². The first-order valence-electron chi connectivity index (χ1n) is 12.7. The van der Waals surface area contributed by atoms with Crippen molar-refractivity contribution in [2.24, 2.45) is 5.92 Å². The third kappa shape index (κ3) is 5.75. The molecule has 2 aliphatic heterocycles. The summed E-state index contributed by atoms with van der Waals surface area (Å²) in [6.07, 6.45) is 18.7. The van der Waals surface area contributed by atoms with Gasteiger partial charge in [-0.25, -0.2) is 0 Å². The smallest absolute Gasteiger partial charge is 0.171 e. The van der Waals surface area contributed by atoms with Gasteiger partial charge >= 0.3 is 0 Å². The standard InChI is InChI=1S/C25H47NO3/c1-4-5-6-7-8-9-10-11-12-13-16-26-17-14-15-22-20-25(28-18-19-29-25)21-23(27-3)24(22,26)2/h22-23H,4-21H2,1-3H3/t22-,23+,24+/m0/s1. The summed E-state index contributed by atoms with van der Waals surface area (Å²) >= 11 is 0. The largest absolute Gasteiger partial charge is 0.379 e. The third-order valence-electron chi connectivity index (χ3n) is 8.07. The molecule has 2 saturated heterocycles. The molecule has 3 rings (SSSR count). The number of nitrogens with zero attached hydrogens (tertiary/aromatic N) is 1. The summed E-state index contributed by atoms with van der Waals surface area (Å²) < 4.78 is 18.3. The molecular weight excluding hydrogens is 362 g/mol. The number of hydrogen-bond donors (Lipinski definition) is 0. The fraction of sp³-hybridized carbons (Fsp3) is 1.00. The number of rotatable bonds is 12. The lowest BCUT2D eigenvalue weighted by Gasteiger charge is -2.59. The van der Waals surface area contributed by atoms with Crippen molar-refractivity contribution in [1.82, 2.24) is 4.90 Å². The van der Waals surface area contributed by atoms with Gasteiger partial charge in [0, 0.05) is 25.5 Å². The van der Waals surface area contributed by atoms with Crippen LogP contribution in [0.15, 0.2) is 0 Å². The first kappa shape index (κ1) is 23.5. The molecule has 0 aromatic rings. The SMILES string of the molecule is CCCCCCCCCCCCN1CCC[C@H]2CC3(C[C@@H](OC)[C@@]21C)OCCO3. The van der Waals surface area contributed by atoms with Crippen LogP contribution in [-0.4, -0.2) is 55.7 Å². The van der Waals surface area contributed by atoms with Gasteiger partial charge in [0.25, 0.3) is 0 Å². The van der Waals surface area contributed by atoms with Crippen LogP contribution >= 0.6 is 0 Å². The highest BCUT2D eigenvalue weighted by molar-refractivity contribution is 5.08. The van der Waals surface area contributed by atoms with E-state index >= 15 is 0 Å². The van der Waals surface area contributed by atoms with E-state index in [0.717, 1.165) is 26.1 Å². The molecule has 0 radical (unpaired) electrons. The molecule has 1 spiro atoms. The van der Waals surface area contributed by atoms with E-state index in [9.17, 15) is 0 Å². The molecule has 4 nitrogen and oxygen atoms in total. The number of methoxy groups -OCH3 is 1. The van der Waals surface area contributed by atoms with Crippen molar-refractivity contribution in [2.45, 2.75) is 121 Å². The average molecular weight is 410 g/mol. The second-order valence-corrected chi connectivity index (χ2v) is 9.97. The Kier molecular flexibility index (Phi) is 9.28. The molecule has 0 bridgehead atoms. The minimum atomic E-state index is -0.370. The van der Waals surface area contributed by atoms with Crippen LogP contribution in [-0.2, 0) is 14.2 Å². The Morgan fingerprint density at radius 1 is 0.897 bits per heavy atom. The highest BCUT2D eigenvalue weighted by Crippen LogP contribution is 2.51. The minimum Gasteiger partial charge on any atom is -0.379 e. The maximum Gasteiger partial charge on any atom is 0.171 e. The number of fused-ring (bicyclic) bond motifs is 1. The lowest BCUT2D eigenvalue weighted by molar-refractivity contribution is -0.251. The zero-order valence-electron chi connectivity index (χ0n) is 19.6. The fourth-order valence-corrected chi connectivity index (χ4v) is 6.24. The summed E-state index contributed by atoms with van der Waals surface area (Å²) in [4.78, 5) is 2.77. The van der Waals surface area contributed by atoms with Gasteiger partial charge in [0.15, 0.2) is 5.79 Å². The summed E-state index contributed by atoms with van der Waals surface area (Å²) in [5, 5.41) is 0. The molecule has 29 heavy (non-hydrogen) atoms. The van der Waals surface area contributed by atoms with Crippen molar-refractivity contribution in [1.29, 1.82) is 0 Å². The van der Waals surface area contributed by atoms with Gasteiger partial charge in [-0.15, -0.1) is 0 Å². The predicted molar refractivity (Wildman–Crippen MR) is 119 cm³/mol. The first-order valence-corrected chi connectivity index (χ1v) is 12.7. The Bertz CT molecular complexity index is 453. The van der Waals surface area contributed by atoms with Gasteiger partial charge in [0.1, 0.15) is 0 Å². The second kappa shape index (κ2) is 11.5. The summed E-state index contributed by atoms with van der Waals surface area (Å²) in [5.41, 5.74) is 0.132. The van der Waals surface area contributed by atoms with E-state index in [1.807, 2.05) is 7.11 Å². The van der Waals surface area contributed by atoms with Gasteiger partial charge in [-0.05, 0) is 45.2 Å². The lowest BCUT2D eigenvalue weighted by Crippen LogP contribution is -2.68. The lowest BCUT2D eigenvalue weighted by atomic mass is 9.64. The highest BCUT2D eigenvalue weighted by atomic mass is 16.7. The van der Waals surface area contributed by atoms with E-state index in [1.165, 1.54) is 90.1 Å². The van der Waals surface area contributed by atoms with Crippen LogP contribution in [0.1, 0.15) is 104 Å². The maximum atomic E-state index is 6.09. The minimum absolute atomic E-state index is 0.132. The van der Waals surface area contributed by atoms with E-state index in [0.29, 0.717) is 5.92 Å². The molecule has 4 heteroatoms. The molecular formula is C25H47NO3. The van der Waals surface area contributed by atoms with Crippen LogP contribution in [0, 0.1) is 5.92 Å². The topological polar surface area (TPSA) is 30.9 Å². The van der Waals surface area contributed by atoms with Gasteiger partial charge in [-0.1, -0.05) is 64.7 Å². The van der Waals surface area contributed by atoms with E-state index in [4.69, 9.17) is 14.2 Å². The van der Waals surface area contributed by atoms with Crippen molar-refractivity contribution in [3.8, 4) is 0 Å². The third-order valence-corrected chi connectivity index (χ3v) is 8.07. The highest BCUT2D eigenvalue weighted by Gasteiger charge is 2.58. The number of ether oxygens (including phenoxy) is 3. The summed E-state index contributed by atoms with van der Waals surface area (Å²) in [6.45, 7) is 8.67. The van der Waals surface area contributed by atoms with Gasteiger partial charge in [-0.3, -0.25) is 4.90 Å². The molecule has 3 aliphatic rings. The Morgan fingerprint density at radius 3 is 2.14 bits per heavy atom. The van der Waals surface area contributed by atoms with Crippen LogP contribution in [0.25, 0.3) is 0 Å². The summed E-state index contributed by atoms with van der Waals surface area (Å²) in [6, 6.07) is 0. The first-order chi connectivity index (χ1) is 14.1. The van der Waals surface area contributed by atoms with Crippen molar-refractivity contribution in [3.05, 3.63) is 0 Å². The Hall–Kier alpha value is -0.160. The summed E-state index contributed by atoms with van der Waals surface area (Å²) in [7, 11) is 1.88. The van der Waals surface area contributed by atoms with Crippen LogP contribution in [0.3, 0.4) is 0 Å². The predicted octanol–water partition coefficient (Wildman–Crippen LogP) is 5.93. The number of piperidine rings is 1. The molecule has 0 unspecified atom stereocenters. The Balaban J connectivity index is 1.42. The Labute approximate surface area is 180 Å². The molecule has 0 aromatic carbocycles. The molecule has 3 atom stereocenters. The maximum absolute atomic E-state index is 6.09. The molecule has 3 fully saturated rings. The zero-order chi connectivity index (χ0) is 20.6. The molecule has 1 aliphatic carbocycles. The zero-order valence-corrected chi connectivity index (χ0v) is 19.6. The molecule has 0 aromatic heterocycles. The van der Waals surface area contributed by atoms with Crippen molar-refractivity contribution < 1.29 is 14.2 Å². The van der Waals surface area contributed by atoms with E-state index < -0.39 is 0 Å². The quantitative estimate of drug-likeness (QED) is 0.374. The number of likely N-dealkylation sites (tertiary alicyclic amines) is 1. The number of unbranched alkanes of at least 4 members (excludes halogenated alkanes) is 9. The average Bonchev–Trinajstić information content (AvgIpc) is 3.17. The number of hydrogen-bond acceptors (Lipinski definition) is 4. The molecule has 2 heterocycles. The Morgan fingerprint density at radius 2 is 1.52 bits per heavy atom. The van der Waals surface area contributed by atoms with Crippen molar-refractivity contribution in [2.75, 3.05) is 33.4 Å². The summed E-state index contributed by atoms with van der Waals surface area (Å²) in [5.74, 6) is 0.238. The molecule has 0 N–H and O–H groups in total. The van der Waals surface area contributed by atoms with Gasteiger partial charge < -0.3 is 14.2 Å². The van der Waals surface area contributed by atoms with Crippen LogP contribution in [0.4, 0.5) is 0 Å². The van der Waals surface area contributed by atoms with Crippen LogP contribution in [0.2, 0.25) is 0 Å². The van der Waals surface area contributed by atoms with Gasteiger partial charge in [0.2, 0.25) is 0 Å². The molecule has 0 amide bonds. The van der Waals surface area contributed by atoms with Crippen LogP contribution < -0.4 is 0 Å². The monoisotopic (exact) mass is 409 g/mol. The van der Waals surface area contributed by atoms with Crippen LogP contribution in [0.5, 0.6) is 0 Å². The van der Waals surface area contributed by atoms with Crippen molar-refractivity contribution >= 4 is 0 Å². The van der Waals surface area contributed by atoms with E-state index in [2.05, 4.69) is 18.7 Å².